The number of methoxy groups -OCH3 is 1. The number of halogens is 6. The molecule has 0 aromatic heterocycles. The minimum Gasteiger partial charge on any atom is -0.497 e. The molecule has 2 aromatic rings. The smallest absolute Gasteiger partial charge is 0.416 e. The van der Waals surface area contributed by atoms with Gasteiger partial charge >= 0.3 is 18.3 Å². The zero-order valence-electron chi connectivity index (χ0n) is 14.6. The summed E-state index contributed by atoms with van der Waals surface area (Å²) in [5.41, 5.74) is -4.08. The lowest BCUT2D eigenvalue weighted by Crippen LogP contribution is -2.14. The molecule has 0 unspecified atom stereocenters. The van der Waals surface area contributed by atoms with Gasteiger partial charge in [-0.1, -0.05) is 0 Å². The third-order valence-electron chi connectivity index (χ3n) is 3.59. The number of hydrogen-bond donors (Lipinski definition) is 0. The Morgan fingerprint density at radius 1 is 0.828 bits per heavy atom. The lowest BCUT2D eigenvalue weighted by atomic mass is 10.0. The van der Waals surface area contributed by atoms with Gasteiger partial charge in [-0.2, -0.15) is 26.3 Å². The van der Waals surface area contributed by atoms with Gasteiger partial charge in [-0.15, -0.1) is 0 Å². The lowest BCUT2D eigenvalue weighted by Gasteiger charge is -2.13. The summed E-state index contributed by atoms with van der Waals surface area (Å²) in [6, 6.07) is 6.17. The van der Waals surface area contributed by atoms with Crippen molar-refractivity contribution in [3.8, 4) is 5.75 Å². The van der Waals surface area contributed by atoms with Crippen LogP contribution < -0.4 is 4.74 Å². The Hall–Kier alpha value is -3.30. The van der Waals surface area contributed by atoms with Gasteiger partial charge in [-0.05, 0) is 42.5 Å². The van der Waals surface area contributed by atoms with Crippen LogP contribution in [0.3, 0.4) is 0 Å². The van der Waals surface area contributed by atoms with Crippen LogP contribution in [0.4, 0.5) is 26.3 Å². The number of allylic oxidation sites excluding steroid dienone is 1. The van der Waals surface area contributed by atoms with E-state index in [0.29, 0.717) is 12.0 Å². The fourth-order valence-electron chi connectivity index (χ4n) is 2.15. The topological polar surface area (TPSA) is 52.6 Å². The van der Waals surface area contributed by atoms with E-state index in [1.165, 1.54) is 31.4 Å². The number of esters is 1. The molecule has 0 aliphatic heterocycles. The molecular formula is C19H12F6O4. The summed E-state index contributed by atoms with van der Waals surface area (Å²) in [5, 5.41) is 0. The standard InChI is InChI=1S/C19H12F6O4/c1-28-15-4-2-11(3-5-15)16(26)6-7-29-17(27)12-8-13(18(20,21)22)10-14(9-12)19(23,24)25/h2-10H,1H3. The summed E-state index contributed by atoms with van der Waals surface area (Å²) < 4.78 is 86.3. The number of rotatable bonds is 5. The number of hydrogen-bond acceptors (Lipinski definition) is 4. The Morgan fingerprint density at radius 3 is 1.79 bits per heavy atom. The Kier molecular flexibility index (Phi) is 6.35. The van der Waals surface area contributed by atoms with Crippen molar-refractivity contribution in [3.63, 3.8) is 0 Å². The van der Waals surface area contributed by atoms with Gasteiger partial charge in [0.15, 0.2) is 5.78 Å². The molecule has 0 bridgehead atoms. The first-order valence-corrected chi connectivity index (χ1v) is 7.77. The molecule has 0 radical (unpaired) electrons. The van der Waals surface area contributed by atoms with Crippen LogP contribution in [0.5, 0.6) is 5.75 Å². The number of ether oxygens (including phenoxy) is 2. The molecule has 29 heavy (non-hydrogen) atoms. The van der Waals surface area contributed by atoms with E-state index in [9.17, 15) is 35.9 Å². The average Bonchev–Trinajstić information content (AvgIpc) is 2.66. The van der Waals surface area contributed by atoms with Crippen LogP contribution in [0.2, 0.25) is 0 Å². The molecule has 2 rings (SSSR count). The first-order valence-electron chi connectivity index (χ1n) is 7.77. The van der Waals surface area contributed by atoms with Crippen molar-refractivity contribution in [1.82, 2.24) is 0 Å². The highest BCUT2D eigenvalue weighted by molar-refractivity contribution is 6.04. The van der Waals surface area contributed by atoms with Gasteiger partial charge in [-0.3, -0.25) is 4.79 Å². The molecule has 0 fully saturated rings. The largest absolute Gasteiger partial charge is 0.497 e. The molecule has 0 aliphatic rings. The molecule has 0 aliphatic carbocycles. The SMILES string of the molecule is COc1ccc(C(=O)C=COC(=O)c2cc(C(F)(F)F)cc(C(F)(F)F)c2)cc1. The maximum Gasteiger partial charge on any atom is 0.416 e. The fraction of sp³-hybridized carbons (Fsp3) is 0.158. The molecule has 0 saturated heterocycles. The Morgan fingerprint density at radius 2 is 1.34 bits per heavy atom. The lowest BCUT2D eigenvalue weighted by molar-refractivity contribution is -0.143. The summed E-state index contributed by atoms with van der Waals surface area (Å²) in [7, 11) is 1.42. The highest BCUT2D eigenvalue weighted by atomic mass is 19.4. The Bertz CT molecular complexity index is 895. The van der Waals surface area contributed by atoms with Crippen LogP contribution in [0.25, 0.3) is 0 Å². The van der Waals surface area contributed by atoms with Gasteiger partial charge in [0.2, 0.25) is 0 Å². The van der Waals surface area contributed by atoms with Crippen molar-refractivity contribution in [2.45, 2.75) is 12.4 Å². The van der Waals surface area contributed by atoms with E-state index in [4.69, 9.17) is 4.74 Å². The molecule has 0 spiro atoms. The Balaban J connectivity index is 2.19. The third kappa shape index (κ3) is 5.84. The third-order valence-corrected chi connectivity index (χ3v) is 3.59. The van der Waals surface area contributed by atoms with Gasteiger partial charge < -0.3 is 9.47 Å². The summed E-state index contributed by atoms with van der Waals surface area (Å²) in [5.74, 6) is -1.61. The molecule has 0 amide bonds. The molecular weight excluding hydrogens is 406 g/mol. The quantitative estimate of drug-likeness (QED) is 0.218. The van der Waals surface area contributed by atoms with Crippen LogP contribution in [0.1, 0.15) is 31.8 Å². The van der Waals surface area contributed by atoms with Crippen molar-refractivity contribution in [1.29, 1.82) is 0 Å². The van der Waals surface area contributed by atoms with E-state index in [-0.39, 0.29) is 23.8 Å². The summed E-state index contributed by atoms with van der Waals surface area (Å²) in [6.07, 6.45) is -8.81. The summed E-state index contributed by atoms with van der Waals surface area (Å²) in [4.78, 5) is 23.8. The van der Waals surface area contributed by atoms with Gasteiger partial charge in [0.05, 0.1) is 30.1 Å². The summed E-state index contributed by atoms with van der Waals surface area (Å²) >= 11 is 0. The molecule has 2 aromatic carbocycles. The molecule has 4 nitrogen and oxygen atoms in total. The fourth-order valence-corrected chi connectivity index (χ4v) is 2.15. The van der Waals surface area contributed by atoms with Crippen molar-refractivity contribution < 1.29 is 45.4 Å². The first kappa shape index (κ1) is 22.0. The zero-order valence-corrected chi connectivity index (χ0v) is 14.6. The van der Waals surface area contributed by atoms with Crippen molar-refractivity contribution in [2.75, 3.05) is 7.11 Å². The number of carbonyl (C=O) groups is 2. The number of benzene rings is 2. The van der Waals surface area contributed by atoms with Gasteiger partial charge in [0.25, 0.3) is 0 Å². The van der Waals surface area contributed by atoms with E-state index >= 15 is 0 Å². The van der Waals surface area contributed by atoms with Crippen LogP contribution in [-0.4, -0.2) is 18.9 Å². The van der Waals surface area contributed by atoms with Crippen LogP contribution >= 0.6 is 0 Å². The maximum atomic E-state index is 12.8. The second-order valence-electron chi connectivity index (χ2n) is 5.60. The maximum absolute atomic E-state index is 12.8. The van der Waals surface area contributed by atoms with Crippen LogP contribution in [0.15, 0.2) is 54.8 Å². The van der Waals surface area contributed by atoms with Gasteiger partial charge in [0.1, 0.15) is 5.75 Å². The van der Waals surface area contributed by atoms with E-state index < -0.39 is 40.8 Å². The Labute approximate surface area is 160 Å². The normalized spacial score (nSPS) is 12.1. The second kappa shape index (κ2) is 8.38. The second-order valence-corrected chi connectivity index (χ2v) is 5.60. The highest BCUT2D eigenvalue weighted by Gasteiger charge is 2.37. The van der Waals surface area contributed by atoms with Gasteiger partial charge in [-0.25, -0.2) is 4.79 Å². The highest BCUT2D eigenvalue weighted by Crippen LogP contribution is 2.36. The molecule has 0 heterocycles. The molecule has 0 atom stereocenters. The number of alkyl halides is 6. The monoisotopic (exact) mass is 418 g/mol. The predicted molar refractivity (Wildman–Crippen MR) is 88.3 cm³/mol. The van der Waals surface area contributed by atoms with Crippen molar-refractivity contribution >= 4 is 11.8 Å². The van der Waals surface area contributed by atoms with E-state index in [1.807, 2.05) is 0 Å². The van der Waals surface area contributed by atoms with Crippen molar-refractivity contribution in [3.05, 3.63) is 77.1 Å². The zero-order chi connectivity index (χ0) is 21.8. The van der Waals surface area contributed by atoms with E-state index in [0.717, 1.165) is 6.08 Å². The van der Waals surface area contributed by atoms with Crippen LogP contribution in [0, 0.1) is 0 Å². The minimum absolute atomic E-state index is 0.111. The summed E-state index contributed by atoms with van der Waals surface area (Å²) in [6.45, 7) is 0. The molecule has 10 heteroatoms. The molecule has 0 saturated carbocycles. The van der Waals surface area contributed by atoms with E-state index in [1.54, 1.807) is 0 Å². The van der Waals surface area contributed by atoms with Crippen LogP contribution in [-0.2, 0) is 17.1 Å². The van der Waals surface area contributed by atoms with E-state index in [2.05, 4.69) is 4.74 Å². The number of carbonyl (C=O) groups excluding carboxylic acids is 2. The van der Waals surface area contributed by atoms with Crippen molar-refractivity contribution in [2.24, 2.45) is 0 Å². The first-order chi connectivity index (χ1) is 13.4. The van der Waals surface area contributed by atoms with Gasteiger partial charge in [0, 0.05) is 11.6 Å². The average molecular weight is 418 g/mol. The molecule has 154 valence electrons. The molecule has 0 N–H and O–H groups in total. The predicted octanol–water partition coefficient (Wildman–Crippen LogP) is 5.29. The number of ketones is 1. The minimum atomic E-state index is -5.10.